The van der Waals surface area contributed by atoms with Gasteiger partial charge in [0.05, 0.1) is 6.61 Å². The molecule has 0 saturated carbocycles. The Balaban J connectivity index is 0. The maximum absolute atomic E-state index is 4.94. The van der Waals surface area contributed by atoms with Crippen molar-refractivity contribution in [2.75, 3.05) is 6.61 Å². The molecule has 0 unspecified atom stereocenters. The van der Waals surface area contributed by atoms with E-state index in [9.17, 15) is 0 Å². The number of thiol groups is 1. The van der Waals surface area contributed by atoms with Crippen LogP contribution in [0.5, 0.6) is 0 Å². The zero-order chi connectivity index (χ0) is 7.11. The first-order valence-corrected chi connectivity index (χ1v) is 3.98. The van der Waals surface area contributed by atoms with E-state index in [0.717, 1.165) is 13.0 Å². The molecule has 0 spiro atoms. The van der Waals surface area contributed by atoms with Gasteiger partial charge in [0.1, 0.15) is 0 Å². The third-order valence-corrected chi connectivity index (χ3v) is 1.22. The first-order chi connectivity index (χ1) is 4.27. The number of hydrogen-bond donors (Lipinski definition) is 1. The molecule has 0 aromatic carbocycles. The van der Waals surface area contributed by atoms with Crippen LogP contribution in [0.25, 0.3) is 0 Å². The van der Waals surface area contributed by atoms with E-state index in [1.54, 1.807) is 0 Å². The van der Waals surface area contributed by atoms with Crippen molar-refractivity contribution in [2.24, 2.45) is 0 Å². The van der Waals surface area contributed by atoms with Gasteiger partial charge in [0.15, 0.2) is 0 Å². The molecule has 0 atom stereocenters. The summed E-state index contributed by atoms with van der Waals surface area (Å²) in [6.07, 6.45) is 3.50. The van der Waals surface area contributed by atoms with Crippen LogP contribution in [0.1, 0.15) is 26.2 Å². The molecular formula is C6H12KOS2+. The molecule has 0 fully saturated rings. The third-order valence-electron chi connectivity index (χ3n) is 0.973. The zero-order valence-corrected chi connectivity index (χ0v) is 11.4. The fraction of sp³-hybridized carbons (Fsp3) is 0.833. The van der Waals surface area contributed by atoms with Crippen LogP contribution < -0.4 is 51.4 Å². The Morgan fingerprint density at radius 2 is 2.10 bits per heavy atom. The van der Waals surface area contributed by atoms with E-state index in [4.69, 9.17) is 4.74 Å². The van der Waals surface area contributed by atoms with Crippen LogP contribution >= 0.6 is 24.8 Å². The Hall–Kier alpha value is 1.88. The summed E-state index contributed by atoms with van der Waals surface area (Å²) in [6.45, 7) is 2.87. The first-order valence-electron chi connectivity index (χ1n) is 3.13. The van der Waals surface area contributed by atoms with Gasteiger partial charge in [0.25, 0.3) is 0 Å². The Morgan fingerprint density at radius 3 is 2.50 bits per heavy atom. The van der Waals surface area contributed by atoms with Gasteiger partial charge in [0.2, 0.25) is 4.38 Å². The number of hydrogen-bond acceptors (Lipinski definition) is 2. The molecule has 0 rings (SSSR count). The maximum atomic E-state index is 4.94. The van der Waals surface area contributed by atoms with Crippen LogP contribution in [-0.2, 0) is 4.74 Å². The zero-order valence-electron chi connectivity index (χ0n) is 6.59. The minimum Gasteiger partial charge on any atom is -0.479 e. The van der Waals surface area contributed by atoms with Crippen molar-refractivity contribution < 1.29 is 56.1 Å². The Morgan fingerprint density at radius 1 is 1.50 bits per heavy atom. The summed E-state index contributed by atoms with van der Waals surface area (Å²) in [7, 11) is 0. The summed E-state index contributed by atoms with van der Waals surface area (Å²) in [5.41, 5.74) is 0. The predicted octanol–water partition coefficient (Wildman–Crippen LogP) is -0.588. The van der Waals surface area contributed by atoms with Crippen molar-refractivity contribution in [3.05, 3.63) is 0 Å². The molecule has 0 aliphatic heterocycles. The van der Waals surface area contributed by atoms with Gasteiger partial charge < -0.3 is 4.74 Å². The van der Waals surface area contributed by atoms with Gasteiger partial charge in [-0.3, -0.25) is 0 Å². The van der Waals surface area contributed by atoms with Gasteiger partial charge in [-0.2, -0.15) is 0 Å². The van der Waals surface area contributed by atoms with Crippen molar-refractivity contribution in [3.63, 3.8) is 0 Å². The van der Waals surface area contributed by atoms with E-state index in [2.05, 4.69) is 31.8 Å². The van der Waals surface area contributed by atoms with E-state index < -0.39 is 0 Å². The van der Waals surface area contributed by atoms with Gasteiger partial charge >= 0.3 is 51.4 Å². The summed E-state index contributed by atoms with van der Waals surface area (Å²) in [5, 5.41) is 0. The van der Waals surface area contributed by atoms with Crippen molar-refractivity contribution in [1.29, 1.82) is 0 Å². The largest absolute Gasteiger partial charge is 1.00 e. The van der Waals surface area contributed by atoms with Gasteiger partial charge in [0, 0.05) is 0 Å². The topological polar surface area (TPSA) is 9.23 Å². The minimum absolute atomic E-state index is 0. The summed E-state index contributed by atoms with van der Waals surface area (Å²) in [6, 6.07) is 0. The first kappa shape index (κ1) is 14.4. The molecule has 0 amide bonds. The molecule has 10 heavy (non-hydrogen) atoms. The molecular weight excluding hydrogens is 191 g/mol. The Bertz CT molecular complexity index is 87.8. The fourth-order valence-corrected chi connectivity index (χ4v) is 0.686. The van der Waals surface area contributed by atoms with Crippen molar-refractivity contribution >= 4 is 29.2 Å². The molecule has 4 heteroatoms. The molecule has 0 aromatic heterocycles. The Labute approximate surface area is 116 Å². The van der Waals surface area contributed by atoms with Crippen molar-refractivity contribution in [1.82, 2.24) is 0 Å². The molecule has 0 bridgehead atoms. The number of unbranched alkanes of at least 4 members (excludes halogenated alkanes) is 2. The average molecular weight is 203 g/mol. The molecule has 0 aliphatic rings. The number of thiocarbonyl (C=S) groups is 1. The third kappa shape index (κ3) is 12.5. The number of rotatable bonds is 4. The second-order valence-electron chi connectivity index (χ2n) is 1.82. The van der Waals surface area contributed by atoms with E-state index in [1.807, 2.05) is 0 Å². The van der Waals surface area contributed by atoms with Crippen LogP contribution in [0.15, 0.2) is 0 Å². The molecule has 0 radical (unpaired) electrons. The van der Waals surface area contributed by atoms with Crippen LogP contribution in [0.3, 0.4) is 0 Å². The predicted molar refractivity (Wildman–Crippen MR) is 47.1 cm³/mol. The average Bonchev–Trinajstić information content (AvgIpc) is 1.80. The molecule has 0 aromatic rings. The second-order valence-corrected chi connectivity index (χ2v) is 2.90. The van der Waals surface area contributed by atoms with E-state index >= 15 is 0 Å². The van der Waals surface area contributed by atoms with Gasteiger partial charge in [-0.15, -0.1) is 0 Å². The van der Waals surface area contributed by atoms with Crippen molar-refractivity contribution in [3.8, 4) is 0 Å². The fourth-order valence-electron chi connectivity index (χ4n) is 0.512. The van der Waals surface area contributed by atoms with E-state index in [-0.39, 0.29) is 51.4 Å². The van der Waals surface area contributed by atoms with Crippen LogP contribution in [0.4, 0.5) is 0 Å². The second kappa shape index (κ2) is 10.9. The van der Waals surface area contributed by atoms with Crippen LogP contribution in [0, 0.1) is 0 Å². The molecule has 0 heterocycles. The van der Waals surface area contributed by atoms with Gasteiger partial charge in [-0.05, 0) is 18.6 Å². The SMILES string of the molecule is CCCCCOC(=S)S.[K+]. The molecule has 54 valence electrons. The Kier molecular flexibility index (Phi) is 15.7. The normalized spacial score (nSPS) is 8.20. The standard InChI is InChI=1S/C6H12OS2.K/c1-2-3-4-5-7-6(8)9;/h2-5H2,1H3,(H,8,9);/q;+1. The summed E-state index contributed by atoms with van der Waals surface area (Å²) in [5.74, 6) is 0. The smallest absolute Gasteiger partial charge is 0.479 e. The van der Waals surface area contributed by atoms with E-state index in [0.29, 0.717) is 4.38 Å². The summed E-state index contributed by atoms with van der Waals surface area (Å²) < 4.78 is 5.29. The quantitative estimate of drug-likeness (QED) is 0.283. The van der Waals surface area contributed by atoms with E-state index in [1.165, 1.54) is 12.8 Å². The maximum Gasteiger partial charge on any atom is 1.00 e. The molecule has 0 N–H and O–H groups in total. The van der Waals surface area contributed by atoms with Crippen molar-refractivity contribution in [2.45, 2.75) is 26.2 Å². The number of ether oxygens (including phenoxy) is 1. The monoisotopic (exact) mass is 203 g/mol. The summed E-state index contributed by atoms with van der Waals surface area (Å²) in [4.78, 5) is 0. The summed E-state index contributed by atoms with van der Waals surface area (Å²) >= 11 is 8.40. The van der Waals surface area contributed by atoms with Crippen LogP contribution in [0.2, 0.25) is 0 Å². The van der Waals surface area contributed by atoms with Crippen LogP contribution in [-0.4, -0.2) is 11.0 Å². The molecule has 0 saturated heterocycles. The molecule has 0 aliphatic carbocycles. The molecule has 1 nitrogen and oxygen atoms in total. The minimum atomic E-state index is 0. The van der Waals surface area contributed by atoms with Gasteiger partial charge in [-0.25, -0.2) is 0 Å². The van der Waals surface area contributed by atoms with Gasteiger partial charge in [-0.1, -0.05) is 32.4 Å².